The molecule has 0 bridgehead atoms. The van der Waals surface area contributed by atoms with Gasteiger partial charge in [0.15, 0.2) is 0 Å². The second-order valence-electron chi connectivity index (χ2n) is 5.01. The van der Waals surface area contributed by atoms with Crippen molar-refractivity contribution in [2.24, 2.45) is 0 Å². The van der Waals surface area contributed by atoms with Crippen LogP contribution in [0.25, 0.3) is 0 Å². The maximum Gasteiger partial charge on any atom is 0.303 e. The summed E-state index contributed by atoms with van der Waals surface area (Å²) in [5.41, 5.74) is 2.64. The molecule has 0 amide bonds. The van der Waals surface area contributed by atoms with Gasteiger partial charge in [-0.05, 0) is 49.4 Å². The van der Waals surface area contributed by atoms with Gasteiger partial charge in [0.25, 0.3) is 0 Å². The molecule has 4 nitrogen and oxygen atoms in total. The molecule has 0 aliphatic carbocycles. The lowest BCUT2D eigenvalue weighted by atomic mass is 10.0. The summed E-state index contributed by atoms with van der Waals surface area (Å²) in [7, 11) is 2.12. The molecule has 4 heteroatoms. The van der Waals surface area contributed by atoms with E-state index in [0.29, 0.717) is 13.0 Å². The number of anilines is 1. The predicted octanol–water partition coefficient (Wildman–Crippen LogP) is 2.70. The van der Waals surface area contributed by atoms with Gasteiger partial charge in [-0.2, -0.15) is 0 Å². The van der Waals surface area contributed by atoms with Gasteiger partial charge < -0.3 is 14.7 Å². The van der Waals surface area contributed by atoms with Crippen LogP contribution >= 0.6 is 0 Å². The number of carboxylic acid groups (broad SMARTS) is 1. The van der Waals surface area contributed by atoms with Crippen LogP contribution in [0, 0.1) is 0 Å². The zero-order valence-corrected chi connectivity index (χ0v) is 11.4. The van der Waals surface area contributed by atoms with E-state index in [1.807, 2.05) is 6.07 Å². The van der Waals surface area contributed by atoms with Crippen molar-refractivity contribution in [2.75, 3.05) is 25.1 Å². The van der Waals surface area contributed by atoms with Crippen LogP contribution in [0.5, 0.6) is 5.75 Å². The first-order chi connectivity index (χ1) is 9.16. The number of fused-ring (bicyclic) bond motifs is 1. The minimum atomic E-state index is -0.739. The van der Waals surface area contributed by atoms with Crippen LogP contribution in [0.2, 0.25) is 0 Å². The van der Waals surface area contributed by atoms with Gasteiger partial charge in [-0.15, -0.1) is 0 Å². The first-order valence-corrected chi connectivity index (χ1v) is 6.85. The molecule has 1 aromatic rings. The van der Waals surface area contributed by atoms with E-state index in [2.05, 4.69) is 24.1 Å². The standard InChI is InChI=1S/C15H21NO3/c1-16-9-4-5-12-11-13(7-8-14(12)16)19-10-3-2-6-15(17)18/h7-8,11H,2-6,9-10H2,1H3,(H,17,18). The van der Waals surface area contributed by atoms with E-state index in [1.54, 1.807) is 0 Å². The third-order valence-electron chi connectivity index (χ3n) is 3.46. The highest BCUT2D eigenvalue weighted by Crippen LogP contribution is 2.29. The molecule has 2 rings (SSSR count). The molecule has 0 spiro atoms. The Morgan fingerprint density at radius 3 is 3.05 bits per heavy atom. The van der Waals surface area contributed by atoms with Gasteiger partial charge >= 0.3 is 5.97 Å². The normalized spacial score (nSPS) is 14.1. The Kier molecular flexibility index (Phi) is 4.66. The number of hydrogen-bond acceptors (Lipinski definition) is 3. The molecular weight excluding hydrogens is 242 g/mol. The van der Waals surface area contributed by atoms with Gasteiger partial charge in [-0.3, -0.25) is 4.79 Å². The Labute approximate surface area is 114 Å². The first-order valence-electron chi connectivity index (χ1n) is 6.85. The number of carbonyl (C=O) groups is 1. The fourth-order valence-corrected chi connectivity index (χ4v) is 2.42. The Morgan fingerprint density at radius 1 is 1.42 bits per heavy atom. The summed E-state index contributed by atoms with van der Waals surface area (Å²) in [5, 5.41) is 8.54. The first kappa shape index (κ1) is 13.7. The fourth-order valence-electron chi connectivity index (χ4n) is 2.42. The van der Waals surface area contributed by atoms with Gasteiger partial charge in [0.1, 0.15) is 5.75 Å². The lowest BCUT2D eigenvalue weighted by Crippen LogP contribution is -2.24. The summed E-state index contributed by atoms with van der Waals surface area (Å²) < 4.78 is 5.68. The van der Waals surface area contributed by atoms with Crippen LogP contribution in [0.1, 0.15) is 31.2 Å². The van der Waals surface area contributed by atoms with Crippen molar-refractivity contribution in [3.05, 3.63) is 23.8 Å². The third kappa shape index (κ3) is 3.88. The molecule has 0 unspecified atom stereocenters. The maximum atomic E-state index is 10.4. The Bertz CT molecular complexity index is 445. The average molecular weight is 263 g/mol. The van der Waals surface area contributed by atoms with Gasteiger partial charge in [-0.1, -0.05) is 0 Å². The molecule has 0 aromatic heterocycles. The summed E-state index contributed by atoms with van der Waals surface area (Å²) in [6.07, 6.45) is 3.96. The Hall–Kier alpha value is -1.71. The minimum absolute atomic E-state index is 0.221. The second kappa shape index (κ2) is 6.45. The highest BCUT2D eigenvalue weighted by Gasteiger charge is 2.13. The molecule has 0 atom stereocenters. The number of aryl methyl sites for hydroxylation is 1. The van der Waals surface area contributed by atoms with Crippen molar-refractivity contribution in [2.45, 2.75) is 32.1 Å². The lowest BCUT2D eigenvalue weighted by molar-refractivity contribution is -0.137. The van der Waals surface area contributed by atoms with Crippen LogP contribution in [-0.4, -0.2) is 31.3 Å². The molecule has 1 aliphatic heterocycles. The molecule has 0 fully saturated rings. The smallest absolute Gasteiger partial charge is 0.303 e. The van der Waals surface area contributed by atoms with Gasteiger partial charge in [-0.25, -0.2) is 0 Å². The van der Waals surface area contributed by atoms with Gasteiger partial charge in [0.05, 0.1) is 6.61 Å². The molecule has 0 saturated heterocycles. The highest BCUT2D eigenvalue weighted by molar-refractivity contribution is 5.66. The molecular formula is C15H21NO3. The second-order valence-corrected chi connectivity index (χ2v) is 5.01. The number of unbranched alkanes of at least 4 members (excludes halogenated alkanes) is 1. The van der Waals surface area contributed by atoms with Gasteiger partial charge in [0.2, 0.25) is 0 Å². The van der Waals surface area contributed by atoms with Crippen LogP contribution in [0.15, 0.2) is 18.2 Å². The van der Waals surface area contributed by atoms with Crippen LogP contribution in [0.3, 0.4) is 0 Å². The predicted molar refractivity (Wildman–Crippen MR) is 75.0 cm³/mol. The minimum Gasteiger partial charge on any atom is -0.494 e. The third-order valence-corrected chi connectivity index (χ3v) is 3.46. The van der Waals surface area contributed by atoms with E-state index in [-0.39, 0.29) is 6.42 Å². The zero-order valence-electron chi connectivity index (χ0n) is 11.4. The number of carboxylic acids is 1. The lowest BCUT2D eigenvalue weighted by Gasteiger charge is -2.27. The zero-order chi connectivity index (χ0) is 13.7. The van der Waals surface area contributed by atoms with Crippen molar-refractivity contribution < 1.29 is 14.6 Å². The molecule has 1 heterocycles. The summed E-state index contributed by atoms with van der Waals surface area (Å²) in [4.78, 5) is 12.7. The molecule has 104 valence electrons. The van der Waals surface area contributed by atoms with Crippen LogP contribution in [0.4, 0.5) is 5.69 Å². The molecule has 19 heavy (non-hydrogen) atoms. The van der Waals surface area contributed by atoms with E-state index in [1.165, 1.54) is 17.7 Å². The van der Waals surface area contributed by atoms with Crippen LogP contribution in [-0.2, 0) is 11.2 Å². The molecule has 0 radical (unpaired) electrons. The topological polar surface area (TPSA) is 49.8 Å². The molecule has 1 aliphatic rings. The van der Waals surface area contributed by atoms with Crippen molar-refractivity contribution in [3.8, 4) is 5.75 Å². The summed E-state index contributed by atoms with van der Waals surface area (Å²) in [6, 6.07) is 6.22. The number of rotatable bonds is 6. The maximum absolute atomic E-state index is 10.4. The van der Waals surface area contributed by atoms with E-state index in [4.69, 9.17) is 9.84 Å². The molecule has 1 N–H and O–H groups in total. The average Bonchev–Trinajstić information content (AvgIpc) is 2.38. The summed E-state index contributed by atoms with van der Waals surface area (Å²) >= 11 is 0. The van der Waals surface area contributed by atoms with Crippen LogP contribution < -0.4 is 9.64 Å². The Morgan fingerprint density at radius 2 is 2.26 bits per heavy atom. The van der Waals surface area contributed by atoms with Crippen molar-refractivity contribution in [1.82, 2.24) is 0 Å². The van der Waals surface area contributed by atoms with Gasteiger partial charge in [0, 0.05) is 25.7 Å². The van der Waals surface area contributed by atoms with E-state index in [0.717, 1.165) is 25.1 Å². The molecule has 1 aromatic carbocycles. The summed E-state index contributed by atoms with van der Waals surface area (Å²) in [5.74, 6) is 0.154. The van der Waals surface area contributed by atoms with Crippen molar-refractivity contribution in [3.63, 3.8) is 0 Å². The monoisotopic (exact) mass is 263 g/mol. The Balaban J connectivity index is 1.83. The quantitative estimate of drug-likeness (QED) is 0.802. The number of nitrogens with zero attached hydrogens (tertiary/aromatic N) is 1. The van der Waals surface area contributed by atoms with Crippen molar-refractivity contribution in [1.29, 1.82) is 0 Å². The SMILES string of the molecule is CN1CCCc2cc(OCCCCC(=O)O)ccc21. The fraction of sp³-hybridized carbons (Fsp3) is 0.533. The number of ether oxygens (including phenoxy) is 1. The number of benzene rings is 1. The van der Waals surface area contributed by atoms with Crippen molar-refractivity contribution >= 4 is 11.7 Å². The van der Waals surface area contributed by atoms with E-state index in [9.17, 15) is 4.79 Å². The largest absolute Gasteiger partial charge is 0.494 e. The highest BCUT2D eigenvalue weighted by atomic mass is 16.5. The number of hydrogen-bond donors (Lipinski definition) is 1. The van der Waals surface area contributed by atoms with E-state index < -0.39 is 5.97 Å². The van der Waals surface area contributed by atoms with E-state index >= 15 is 0 Å². The summed E-state index contributed by atoms with van der Waals surface area (Å²) in [6.45, 7) is 1.70. The number of aliphatic carboxylic acids is 1. The molecule has 0 saturated carbocycles.